The van der Waals surface area contributed by atoms with Gasteiger partial charge in [-0.2, -0.15) is 0 Å². The SMILES string of the molecule is CC1(C)c2ccccc2-c2ccc(-n3c4ccccc4c4cc(-c5ccc6c(c5)c5ccccc5n6-c5ccc(C6=CC=CCC6)cc5)ccc43)cc21. The van der Waals surface area contributed by atoms with Crippen LogP contribution in [0, 0.1) is 0 Å². The molecule has 2 aliphatic rings. The first-order chi connectivity index (χ1) is 26.0. The van der Waals surface area contributed by atoms with Crippen LogP contribution in [0.25, 0.3) is 82.8 Å². The molecule has 0 spiro atoms. The summed E-state index contributed by atoms with van der Waals surface area (Å²) >= 11 is 0. The maximum absolute atomic E-state index is 2.46. The minimum atomic E-state index is -0.0519. The van der Waals surface area contributed by atoms with Gasteiger partial charge in [0.25, 0.3) is 0 Å². The highest BCUT2D eigenvalue weighted by atomic mass is 15.0. The molecule has 2 heterocycles. The molecule has 0 aliphatic heterocycles. The van der Waals surface area contributed by atoms with Crippen LogP contribution in [0.3, 0.4) is 0 Å². The number of benzene rings is 7. The van der Waals surface area contributed by atoms with Crippen LogP contribution in [0.4, 0.5) is 0 Å². The number of hydrogen-bond donors (Lipinski definition) is 0. The standard InChI is InChI=1S/C51H38N2/c1-51(2)45-17-9-6-14-39(45)40-27-26-38(32-46(40)51)53-48-19-11-8-16-42(48)44-31-36(23-29-50(44)53)35-22-28-49-43(30-35)41-15-7-10-18-47(41)52(49)37-24-20-34(21-25-37)33-12-4-3-5-13-33/h3-4,6-12,14-32H,5,13H2,1-2H3. The Morgan fingerprint density at radius 2 is 1.00 bits per heavy atom. The lowest BCUT2D eigenvalue weighted by Crippen LogP contribution is -2.15. The van der Waals surface area contributed by atoms with Gasteiger partial charge in [0, 0.05) is 38.3 Å². The Balaban J connectivity index is 1.04. The van der Waals surface area contributed by atoms with Crippen molar-refractivity contribution in [2.45, 2.75) is 32.1 Å². The normalized spacial score (nSPS) is 14.6. The number of allylic oxidation sites excluding steroid dienone is 4. The van der Waals surface area contributed by atoms with Crippen LogP contribution in [-0.2, 0) is 5.41 Å². The Bertz CT molecular complexity index is 3010. The van der Waals surface area contributed by atoms with E-state index in [4.69, 9.17) is 0 Å². The quantitative estimate of drug-likeness (QED) is 0.175. The number of nitrogens with zero attached hydrogens (tertiary/aromatic N) is 2. The van der Waals surface area contributed by atoms with E-state index in [-0.39, 0.29) is 5.41 Å². The van der Waals surface area contributed by atoms with Crippen LogP contribution in [0.15, 0.2) is 170 Å². The minimum Gasteiger partial charge on any atom is -0.309 e. The largest absolute Gasteiger partial charge is 0.309 e. The fourth-order valence-electron chi connectivity index (χ4n) is 9.36. The fourth-order valence-corrected chi connectivity index (χ4v) is 9.36. The number of fused-ring (bicyclic) bond motifs is 9. The van der Waals surface area contributed by atoms with Gasteiger partial charge in [-0.3, -0.25) is 0 Å². The number of para-hydroxylation sites is 2. The first-order valence-corrected chi connectivity index (χ1v) is 18.8. The second-order valence-corrected chi connectivity index (χ2v) is 15.3. The Kier molecular flexibility index (Phi) is 6.46. The lowest BCUT2D eigenvalue weighted by molar-refractivity contribution is 0.660. The van der Waals surface area contributed by atoms with E-state index in [1.807, 2.05) is 0 Å². The van der Waals surface area contributed by atoms with Crippen molar-refractivity contribution in [1.29, 1.82) is 0 Å². The Morgan fingerprint density at radius 1 is 0.453 bits per heavy atom. The molecule has 0 unspecified atom stereocenters. The third-order valence-electron chi connectivity index (χ3n) is 12.0. The predicted molar refractivity (Wildman–Crippen MR) is 224 cm³/mol. The Morgan fingerprint density at radius 3 is 1.66 bits per heavy atom. The molecule has 0 amide bonds. The molecule has 2 aliphatic carbocycles. The van der Waals surface area contributed by atoms with Crippen molar-refractivity contribution < 1.29 is 0 Å². The average molecular weight is 679 g/mol. The van der Waals surface area contributed by atoms with E-state index in [1.54, 1.807) is 0 Å². The topological polar surface area (TPSA) is 9.86 Å². The number of hydrogen-bond acceptors (Lipinski definition) is 0. The van der Waals surface area contributed by atoms with E-state index in [0.717, 1.165) is 12.8 Å². The minimum absolute atomic E-state index is 0.0519. The summed E-state index contributed by atoms with van der Waals surface area (Å²) in [7, 11) is 0. The van der Waals surface area contributed by atoms with E-state index in [1.165, 1.54) is 99.5 Å². The van der Waals surface area contributed by atoms with Crippen molar-refractivity contribution in [3.05, 3.63) is 187 Å². The van der Waals surface area contributed by atoms with Gasteiger partial charge in [-0.1, -0.05) is 123 Å². The van der Waals surface area contributed by atoms with E-state index in [0.29, 0.717) is 0 Å². The van der Waals surface area contributed by atoms with Crippen LogP contribution >= 0.6 is 0 Å². The molecule has 0 saturated heterocycles. The molecule has 11 rings (SSSR count). The molecule has 0 bridgehead atoms. The molecule has 0 fully saturated rings. The summed E-state index contributed by atoms with van der Waals surface area (Å²) < 4.78 is 4.87. The van der Waals surface area contributed by atoms with Gasteiger partial charge in [0.1, 0.15) is 0 Å². The zero-order valence-electron chi connectivity index (χ0n) is 30.0. The second kappa shape index (κ2) is 11.3. The molecule has 7 aromatic carbocycles. The zero-order chi connectivity index (χ0) is 35.3. The summed E-state index contributed by atoms with van der Waals surface area (Å²) in [6.45, 7) is 4.72. The van der Waals surface area contributed by atoms with Gasteiger partial charge in [0.05, 0.1) is 22.1 Å². The first kappa shape index (κ1) is 30.3. The van der Waals surface area contributed by atoms with Crippen molar-refractivity contribution in [3.63, 3.8) is 0 Å². The van der Waals surface area contributed by atoms with E-state index in [2.05, 4.69) is 193 Å². The Labute approximate surface area is 309 Å². The fraction of sp³-hybridized carbons (Fsp3) is 0.0980. The average Bonchev–Trinajstić information content (AvgIpc) is 3.81. The van der Waals surface area contributed by atoms with Crippen molar-refractivity contribution in [2.24, 2.45) is 0 Å². The van der Waals surface area contributed by atoms with Crippen LogP contribution in [0.2, 0.25) is 0 Å². The van der Waals surface area contributed by atoms with Gasteiger partial charge in [-0.05, 0) is 118 Å². The van der Waals surface area contributed by atoms with Gasteiger partial charge in [-0.15, -0.1) is 0 Å². The molecule has 0 saturated carbocycles. The van der Waals surface area contributed by atoms with Crippen LogP contribution < -0.4 is 0 Å². The summed E-state index contributed by atoms with van der Waals surface area (Å²) in [5.74, 6) is 0. The van der Waals surface area contributed by atoms with Gasteiger partial charge < -0.3 is 9.13 Å². The molecule has 0 radical (unpaired) electrons. The molecular formula is C51H38N2. The third-order valence-corrected chi connectivity index (χ3v) is 12.0. The van der Waals surface area contributed by atoms with E-state index >= 15 is 0 Å². The molecule has 0 N–H and O–H groups in total. The smallest absolute Gasteiger partial charge is 0.0541 e. The third kappa shape index (κ3) is 4.45. The highest BCUT2D eigenvalue weighted by molar-refractivity contribution is 6.12. The monoisotopic (exact) mass is 678 g/mol. The van der Waals surface area contributed by atoms with Crippen molar-refractivity contribution in [1.82, 2.24) is 9.13 Å². The van der Waals surface area contributed by atoms with Crippen LogP contribution in [-0.4, -0.2) is 9.13 Å². The maximum Gasteiger partial charge on any atom is 0.0541 e. The van der Waals surface area contributed by atoms with Crippen LogP contribution in [0.5, 0.6) is 0 Å². The molecule has 9 aromatic rings. The highest BCUT2D eigenvalue weighted by Gasteiger charge is 2.35. The Hall–Kier alpha value is -6.38. The summed E-state index contributed by atoms with van der Waals surface area (Å²) in [4.78, 5) is 0. The molecule has 2 aromatic heterocycles. The predicted octanol–water partition coefficient (Wildman–Crippen LogP) is 13.6. The van der Waals surface area contributed by atoms with E-state index < -0.39 is 0 Å². The summed E-state index contributed by atoms with van der Waals surface area (Å²) in [6, 6.07) is 56.8. The summed E-state index contributed by atoms with van der Waals surface area (Å²) in [6.07, 6.45) is 8.89. The first-order valence-electron chi connectivity index (χ1n) is 18.8. The molecular weight excluding hydrogens is 641 g/mol. The van der Waals surface area contributed by atoms with Gasteiger partial charge >= 0.3 is 0 Å². The van der Waals surface area contributed by atoms with Crippen molar-refractivity contribution in [3.8, 4) is 33.6 Å². The van der Waals surface area contributed by atoms with Crippen LogP contribution in [0.1, 0.15) is 43.4 Å². The molecule has 2 nitrogen and oxygen atoms in total. The summed E-state index contributed by atoms with van der Waals surface area (Å²) in [5.41, 5.74) is 17.9. The molecule has 2 heteroatoms. The van der Waals surface area contributed by atoms with Crippen molar-refractivity contribution >= 4 is 49.2 Å². The number of aromatic nitrogens is 2. The second-order valence-electron chi connectivity index (χ2n) is 15.3. The highest BCUT2D eigenvalue weighted by Crippen LogP contribution is 2.49. The molecule has 252 valence electrons. The van der Waals surface area contributed by atoms with E-state index in [9.17, 15) is 0 Å². The molecule has 0 atom stereocenters. The number of rotatable bonds is 4. The summed E-state index contributed by atoms with van der Waals surface area (Å²) in [5, 5.41) is 5.08. The van der Waals surface area contributed by atoms with Crippen molar-refractivity contribution in [2.75, 3.05) is 0 Å². The maximum atomic E-state index is 2.46. The zero-order valence-corrected chi connectivity index (χ0v) is 30.0. The van der Waals surface area contributed by atoms with Gasteiger partial charge in [-0.25, -0.2) is 0 Å². The lowest BCUT2D eigenvalue weighted by atomic mass is 9.82. The van der Waals surface area contributed by atoms with Gasteiger partial charge in [0.15, 0.2) is 0 Å². The van der Waals surface area contributed by atoms with Gasteiger partial charge in [0.2, 0.25) is 0 Å². The lowest BCUT2D eigenvalue weighted by Gasteiger charge is -2.22. The molecule has 53 heavy (non-hydrogen) atoms.